The van der Waals surface area contributed by atoms with Crippen LogP contribution in [0.2, 0.25) is 0 Å². The molecule has 5 N–H and O–H groups in total. The molecular formula is C22H28N4O2. The van der Waals surface area contributed by atoms with E-state index in [2.05, 4.69) is 41.4 Å². The predicted molar refractivity (Wildman–Crippen MR) is 112 cm³/mol. The van der Waals surface area contributed by atoms with Crippen LogP contribution < -0.4 is 21.7 Å². The highest BCUT2D eigenvalue weighted by Crippen LogP contribution is 2.25. The van der Waals surface area contributed by atoms with Crippen LogP contribution in [0.5, 0.6) is 0 Å². The number of benzene rings is 2. The monoisotopic (exact) mass is 380 g/mol. The number of piperidine rings is 1. The Labute approximate surface area is 165 Å². The van der Waals surface area contributed by atoms with Gasteiger partial charge in [0.25, 0.3) is 0 Å². The van der Waals surface area contributed by atoms with Gasteiger partial charge >= 0.3 is 0 Å². The SMILES string of the molecule is CC1CCN(c2ccc(Nc3ccc(CC(C(N)=O)C(N)=O)cc3)cc2)CC1. The zero-order chi connectivity index (χ0) is 20.1. The van der Waals surface area contributed by atoms with Crippen LogP contribution in [0.15, 0.2) is 48.5 Å². The van der Waals surface area contributed by atoms with E-state index in [1.165, 1.54) is 18.5 Å². The van der Waals surface area contributed by atoms with Crippen molar-refractivity contribution in [3.63, 3.8) is 0 Å². The number of nitrogens with one attached hydrogen (secondary N) is 1. The molecule has 0 bridgehead atoms. The average Bonchev–Trinajstić information content (AvgIpc) is 2.68. The molecule has 3 rings (SSSR count). The Morgan fingerprint density at radius 3 is 1.96 bits per heavy atom. The van der Waals surface area contributed by atoms with Crippen LogP contribution in [0, 0.1) is 11.8 Å². The number of anilines is 3. The lowest BCUT2D eigenvalue weighted by Gasteiger charge is -2.32. The Balaban J connectivity index is 1.59. The minimum atomic E-state index is -0.982. The van der Waals surface area contributed by atoms with E-state index in [-0.39, 0.29) is 6.42 Å². The van der Waals surface area contributed by atoms with E-state index in [0.29, 0.717) is 0 Å². The number of amides is 2. The summed E-state index contributed by atoms with van der Waals surface area (Å²) in [6.45, 7) is 4.55. The smallest absolute Gasteiger partial charge is 0.230 e. The molecule has 0 radical (unpaired) electrons. The molecule has 0 atom stereocenters. The first-order chi connectivity index (χ1) is 13.4. The minimum Gasteiger partial charge on any atom is -0.372 e. The third kappa shape index (κ3) is 5.03. The predicted octanol–water partition coefficient (Wildman–Crippen LogP) is 2.80. The molecule has 0 spiro atoms. The minimum absolute atomic E-state index is 0.216. The van der Waals surface area contributed by atoms with Gasteiger partial charge in [-0.05, 0) is 67.1 Å². The molecule has 2 aromatic carbocycles. The lowest BCUT2D eigenvalue weighted by atomic mass is 9.98. The molecule has 1 saturated heterocycles. The molecule has 2 aromatic rings. The summed E-state index contributed by atoms with van der Waals surface area (Å²) in [6.07, 6.45) is 2.71. The lowest BCUT2D eigenvalue weighted by molar-refractivity contribution is -0.131. The number of primary amides is 2. The van der Waals surface area contributed by atoms with Gasteiger partial charge < -0.3 is 21.7 Å². The van der Waals surface area contributed by atoms with Gasteiger partial charge in [0.05, 0.1) is 0 Å². The number of carbonyl (C=O) groups excluding carboxylic acids is 2. The fourth-order valence-corrected chi connectivity index (χ4v) is 3.49. The highest BCUT2D eigenvalue weighted by molar-refractivity contribution is 5.99. The van der Waals surface area contributed by atoms with E-state index < -0.39 is 17.7 Å². The van der Waals surface area contributed by atoms with Crippen molar-refractivity contribution in [2.24, 2.45) is 23.3 Å². The Kier molecular flexibility index (Phi) is 6.19. The molecule has 0 saturated carbocycles. The summed E-state index contributed by atoms with van der Waals surface area (Å²) in [4.78, 5) is 25.1. The Bertz CT molecular complexity index is 795. The molecule has 6 heteroatoms. The summed E-state index contributed by atoms with van der Waals surface area (Å²) in [6, 6.07) is 16.0. The van der Waals surface area contributed by atoms with E-state index in [1.807, 2.05) is 24.3 Å². The molecule has 1 aliphatic heterocycles. The Hall–Kier alpha value is -3.02. The lowest BCUT2D eigenvalue weighted by Crippen LogP contribution is -2.36. The molecule has 1 aliphatic rings. The van der Waals surface area contributed by atoms with E-state index in [0.717, 1.165) is 35.9 Å². The zero-order valence-corrected chi connectivity index (χ0v) is 16.2. The third-order valence-electron chi connectivity index (χ3n) is 5.39. The first kappa shape index (κ1) is 19.7. The summed E-state index contributed by atoms with van der Waals surface area (Å²) in [5, 5.41) is 3.37. The number of carbonyl (C=O) groups is 2. The van der Waals surface area contributed by atoms with Crippen molar-refractivity contribution in [1.29, 1.82) is 0 Å². The highest BCUT2D eigenvalue weighted by atomic mass is 16.2. The fourth-order valence-electron chi connectivity index (χ4n) is 3.49. The number of hydrogen-bond donors (Lipinski definition) is 3. The van der Waals surface area contributed by atoms with Crippen LogP contribution in [-0.2, 0) is 16.0 Å². The number of nitrogens with zero attached hydrogens (tertiary/aromatic N) is 1. The van der Waals surface area contributed by atoms with Gasteiger partial charge in [-0.25, -0.2) is 0 Å². The molecule has 2 amide bonds. The molecule has 0 aromatic heterocycles. The quantitative estimate of drug-likeness (QED) is 0.643. The van der Waals surface area contributed by atoms with Crippen molar-refractivity contribution >= 4 is 28.9 Å². The van der Waals surface area contributed by atoms with Crippen molar-refractivity contribution in [2.75, 3.05) is 23.3 Å². The van der Waals surface area contributed by atoms with Crippen LogP contribution in [0.3, 0.4) is 0 Å². The van der Waals surface area contributed by atoms with Gasteiger partial charge in [-0.15, -0.1) is 0 Å². The number of nitrogens with two attached hydrogens (primary N) is 2. The van der Waals surface area contributed by atoms with Gasteiger partial charge in [-0.3, -0.25) is 9.59 Å². The van der Waals surface area contributed by atoms with Gasteiger partial charge in [-0.1, -0.05) is 19.1 Å². The fraction of sp³-hybridized carbons (Fsp3) is 0.364. The van der Waals surface area contributed by atoms with Crippen LogP contribution in [-0.4, -0.2) is 24.9 Å². The van der Waals surface area contributed by atoms with Gasteiger partial charge in [0.15, 0.2) is 0 Å². The van der Waals surface area contributed by atoms with E-state index in [4.69, 9.17) is 11.5 Å². The summed E-state index contributed by atoms with van der Waals surface area (Å²) in [5.74, 6) is -1.55. The van der Waals surface area contributed by atoms with E-state index in [1.54, 1.807) is 0 Å². The van der Waals surface area contributed by atoms with Gasteiger partial charge in [0.2, 0.25) is 11.8 Å². The van der Waals surface area contributed by atoms with Crippen molar-refractivity contribution in [1.82, 2.24) is 0 Å². The number of hydrogen-bond acceptors (Lipinski definition) is 4. The molecule has 0 aliphatic carbocycles. The van der Waals surface area contributed by atoms with Gasteiger partial charge in [-0.2, -0.15) is 0 Å². The standard InChI is InChI=1S/C22H28N4O2/c1-15-10-12-26(13-11-15)19-8-6-18(7-9-19)25-17-4-2-16(3-5-17)14-20(21(23)27)22(24)28/h2-9,15,20,25H,10-14H2,1H3,(H2,23,27)(H2,24,28). The van der Waals surface area contributed by atoms with Crippen molar-refractivity contribution < 1.29 is 9.59 Å². The summed E-state index contributed by atoms with van der Waals surface area (Å²) in [5.41, 5.74) is 14.5. The zero-order valence-electron chi connectivity index (χ0n) is 16.2. The molecule has 28 heavy (non-hydrogen) atoms. The van der Waals surface area contributed by atoms with Crippen LogP contribution in [0.4, 0.5) is 17.1 Å². The molecule has 0 unspecified atom stereocenters. The van der Waals surface area contributed by atoms with E-state index in [9.17, 15) is 9.59 Å². The molecular weight excluding hydrogens is 352 g/mol. The highest BCUT2D eigenvalue weighted by Gasteiger charge is 2.22. The second kappa shape index (κ2) is 8.78. The summed E-state index contributed by atoms with van der Waals surface area (Å²) >= 11 is 0. The molecule has 1 heterocycles. The van der Waals surface area contributed by atoms with Gasteiger partial charge in [0, 0.05) is 30.2 Å². The van der Waals surface area contributed by atoms with Crippen molar-refractivity contribution in [3.05, 3.63) is 54.1 Å². The van der Waals surface area contributed by atoms with Crippen LogP contribution in [0.1, 0.15) is 25.3 Å². The topological polar surface area (TPSA) is 101 Å². The van der Waals surface area contributed by atoms with Crippen molar-refractivity contribution in [2.45, 2.75) is 26.2 Å². The maximum Gasteiger partial charge on any atom is 0.230 e. The molecule has 6 nitrogen and oxygen atoms in total. The Morgan fingerprint density at radius 1 is 0.964 bits per heavy atom. The van der Waals surface area contributed by atoms with Gasteiger partial charge in [0.1, 0.15) is 5.92 Å². The summed E-state index contributed by atoms with van der Waals surface area (Å²) in [7, 11) is 0. The first-order valence-corrected chi connectivity index (χ1v) is 9.72. The summed E-state index contributed by atoms with van der Waals surface area (Å²) < 4.78 is 0. The van der Waals surface area contributed by atoms with Crippen LogP contribution >= 0.6 is 0 Å². The Morgan fingerprint density at radius 2 is 1.46 bits per heavy atom. The second-order valence-electron chi connectivity index (χ2n) is 7.60. The van der Waals surface area contributed by atoms with E-state index >= 15 is 0 Å². The second-order valence-corrected chi connectivity index (χ2v) is 7.60. The maximum absolute atomic E-state index is 11.3. The number of rotatable bonds is 7. The largest absolute Gasteiger partial charge is 0.372 e. The molecule has 1 fully saturated rings. The van der Waals surface area contributed by atoms with Crippen LogP contribution in [0.25, 0.3) is 0 Å². The maximum atomic E-state index is 11.3. The normalized spacial score (nSPS) is 14.9. The van der Waals surface area contributed by atoms with Crippen molar-refractivity contribution in [3.8, 4) is 0 Å². The first-order valence-electron chi connectivity index (χ1n) is 9.72. The average molecular weight is 380 g/mol. The third-order valence-corrected chi connectivity index (χ3v) is 5.39. The molecule has 148 valence electrons.